The number of benzene rings is 1. The van der Waals surface area contributed by atoms with Gasteiger partial charge in [-0.2, -0.15) is 0 Å². The van der Waals surface area contributed by atoms with Crippen LogP contribution >= 0.6 is 0 Å². The molecule has 0 saturated carbocycles. The Morgan fingerprint density at radius 1 is 1.24 bits per heavy atom. The third-order valence-electron chi connectivity index (χ3n) is 4.55. The number of rotatable bonds is 5. The second kappa shape index (κ2) is 7.92. The molecule has 1 aromatic carbocycles. The molecule has 2 amide bonds. The van der Waals surface area contributed by atoms with E-state index in [1.54, 1.807) is 12.4 Å². The number of aromatic nitrogens is 1. The van der Waals surface area contributed by atoms with Gasteiger partial charge in [-0.05, 0) is 49.1 Å². The fourth-order valence-corrected chi connectivity index (χ4v) is 3.18. The predicted molar refractivity (Wildman–Crippen MR) is 95.9 cm³/mol. The second-order valence-corrected chi connectivity index (χ2v) is 6.61. The van der Waals surface area contributed by atoms with Crippen molar-refractivity contribution in [1.82, 2.24) is 15.2 Å². The lowest BCUT2D eigenvalue weighted by atomic mass is 10.0. The monoisotopic (exact) mass is 337 g/mol. The Kier molecular flexibility index (Phi) is 5.43. The summed E-state index contributed by atoms with van der Waals surface area (Å²) in [5, 5.41) is 2.94. The van der Waals surface area contributed by atoms with Crippen LogP contribution in [0.3, 0.4) is 0 Å². The summed E-state index contributed by atoms with van der Waals surface area (Å²) in [6, 6.07) is 11.4. The topological polar surface area (TPSA) is 62.3 Å². The van der Waals surface area contributed by atoms with Gasteiger partial charge < -0.3 is 10.2 Å². The van der Waals surface area contributed by atoms with Crippen molar-refractivity contribution in [3.05, 3.63) is 65.5 Å². The largest absolute Gasteiger partial charge is 0.352 e. The van der Waals surface area contributed by atoms with Crippen LogP contribution in [-0.4, -0.2) is 34.8 Å². The van der Waals surface area contributed by atoms with Crippen LogP contribution in [0.15, 0.2) is 48.8 Å². The summed E-state index contributed by atoms with van der Waals surface area (Å²) in [5.41, 5.74) is 2.84. The van der Waals surface area contributed by atoms with E-state index in [0.29, 0.717) is 19.5 Å². The highest BCUT2D eigenvalue weighted by molar-refractivity contribution is 5.94. The zero-order chi connectivity index (χ0) is 17.6. The molecule has 1 fully saturated rings. The van der Waals surface area contributed by atoms with E-state index in [2.05, 4.69) is 10.3 Å². The minimum Gasteiger partial charge on any atom is -0.352 e. The summed E-state index contributed by atoms with van der Waals surface area (Å²) in [6.07, 6.45) is 4.77. The molecule has 0 radical (unpaired) electrons. The van der Waals surface area contributed by atoms with Crippen molar-refractivity contribution in [2.45, 2.75) is 26.3 Å². The van der Waals surface area contributed by atoms with E-state index < -0.39 is 0 Å². The average Bonchev–Trinajstić information content (AvgIpc) is 3.08. The molecule has 1 aromatic heterocycles. The third-order valence-corrected chi connectivity index (χ3v) is 4.55. The van der Waals surface area contributed by atoms with Crippen LogP contribution in [0.2, 0.25) is 0 Å². The fourth-order valence-electron chi connectivity index (χ4n) is 3.18. The molecule has 1 saturated heterocycles. The van der Waals surface area contributed by atoms with Crippen LogP contribution in [0, 0.1) is 12.8 Å². The van der Waals surface area contributed by atoms with Gasteiger partial charge in [0.25, 0.3) is 5.91 Å². The van der Waals surface area contributed by atoms with Crippen LogP contribution in [-0.2, 0) is 11.3 Å². The van der Waals surface area contributed by atoms with Gasteiger partial charge in [-0.15, -0.1) is 0 Å². The lowest BCUT2D eigenvalue weighted by Crippen LogP contribution is -2.30. The van der Waals surface area contributed by atoms with Crippen LogP contribution in [0.25, 0.3) is 0 Å². The normalized spacial score (nSPS) is 16.7. The summed E-state index contributed by atoms with van der Waals surface area (Å²) in [4.78, 5) is 30.5. The van der Waals surface area contributed by atoms with Gasteiger partial charge in [0.05, 0.1) is 0 Å². The summed E-state index contributed by atoms with van der Waals surface area (Å²) in [6.45, 7) is 3.86. The summed E-state index contributed by atoms with van der Waals surface area (Å²) in [5.74, 6) is 0.321. The van der Waals surface area contributed by atoms with Crippen LogP contribution in [0.5, 0.6) is 0 Å². The van der Waals surface area contributed by atoms with Gasteiger partial charge in [-0.1, -0.05) is 17.7 Å². The number of pyridine rings is 1. The third kappa shape index (κ3) is 4.66. The molecule has 1 aliphatic heterocycles. The number of likely N-dealkylation sites (tertiary alicyclic amines) is 1. The van der Waals surface area contributed by atoms with Crippen molar-refractivity contribution >= 4 is 11.8 Å². The fraction of sp³-hybridized carbons (Fsp3) is 0.350. The van der Waals surface area contributed by atoms with Crippen molar-refractivity contribution in [3.8, 4) is 0 Å². The quantitative estimate of drug-likeness (QED) is 0.912. The molecule has 130 valence electrons. The zero-order valence-corrected chi connectivity index (χ0v) is 14.4. The molecule has 2 aromatic rings. The molecule has 1 N–H and O–H groups in total. The number of carbonyl (C=O) groups excluding carboxylic acids is 2. The van der Waals surface area contributed by atoms with Crippen LogP contribution in [0.1, 0.15) is 34.3 Å². The van der Waals surface area contributed by atoms with Gasteiger partial charge in [0.1, 0.15) is 0 Å². The molecule has 3 rings (SSSR count). The van der Waals surface area contributed by atoms with Crippen molar-refractivity contribution in [2.24, 2.45) is 5.92 Å². The van der Waals surface area contributed by atoms with E-state index in [0.717, 1.165) is 29.7 Å². The summed E-state index contributed by atoms with van der Waals surface area (Å²) < 4.78 is 0. The Bertz CT molecular complexity index is 746. The number of nitrogens with one attached hydrogen (secondary N) is 1. The molecule has 1 unspecified atom stereocenters. The zero-order valence-electron chi connectivity index (χ0n) is 14.4. The molecule has 1 atom stereocenters. The first kappa shape index (κ1) is 17.1. The molecule has 25 heavy (non-hydrogen) atoms. The highest BCUT2D eigenvalue weighted by atomic mass is 16.2. The lowest BCUT2D eigenvalue weighted by Gasteiger charge is -2.17. The Labute approximate surface area is 148 Å². The van der Waals surface area contributed by atoms with Crippen molar-refractivity contribution in [2.75, 3.05) is 13.1 Å². The van der Waals surface area contributed by atoms with Gasteiger partial charge in [-0.25, -0.2) is 0 Å². The van der Waals surface area contributed by atoms with Crippen LogP contribution in [0.4, 0.5) is 0 Å². The van der Waals surface area contributed by atoms with Gasteiger partial charge >= 0.3 is 0 Å². The smallest absolute Gasteiger partial charge is 0.253 e. The number of amides is 2. The van der Waals surface area contributed by atoms with Crippen LogP contribution < -0.4 is 5.32 Å². The number of aryl methyl sites for hydroxylation is 1. The first-order valence-electron chi connectivity index (χ1n) is 8.63. The minimum atomic E-state index is 0.0340. The van der Waals surface area contributed by atoms with Gasteiger partial charge in [0.2, 0.25) is 5.91 Å². The predicted octanol–water partition coefficient (Wildman–Crippen LogP) is 2.56. The average molecular weight is 337 g/mol. The molecule has 0 bridgehead atoms. The Hall–Kier alpha value is -2.69. The Morgan fingerprint density at radius 2 is 2.04 bits per heavy atom. The Balaban J connectivity index is 1.47. The van der Waals surface area contributed by atoms with Gasteiger partial charge in [-0.3, -0.25) is 14.6 Å². The molecule has 1 aliphatic rings. The van der Waals surface area contributed by atoms with Crippen molar-refractivity contribution in [3.63, 3.8) is 0 Å². The standard InChI is InChI=1S/C20H23N3O2/c1-15-3-2-4-18(11-15)20(25)23-10-7-17(14-23)12-19(24)22-13-16-5-8-21-9-6-16/h2-6,8-9,11,17H,7,10,12-14H2,1H3,(H,22,24). The summed E-state index contributed by atoms with van der Waals surface area (Å²) in [7, 11) is 0. The van der Waals surface area contributed by atoms with E-state index in [4.69, 9.17) is 0 Å². The van der Waals surface area contributed by atoms with E-state index in [1.165, 1.54) is 0 Å². The molecule has 0 aliphatic carbocycles. The van der Waals surface area contributed by atoms with Crippen molar-refractivity contribution < 1.29 is 9.59 Å². The maximum Gasteiger partial charge on any atom is 0.253 e. The van der Waals surface area contributed by atoms with E-state index >= 15 is 0 Å². The molecule has 5 nitrogen and oxygen atoms in total. The first-order valence-corrected chi connectivity index (χ1v) is 8.63. The second-order valence-electron chi connectivity index (χ2n) is 6.61. The molecule has 2 heterocycles. The van der Waals surface area contributed by atoms with Gasteiger partial charge in [0, 0.05) is 44.0 Å². The van der Waals surface area contributed by atoms with E-state index in [9.17, 15) is 9.59 Å². The van der Waals surface area contributed by atoms with E-state index in [-0.39, 0.29) is 17.7 Å². The highest BCUT2D eigenvalue weighted by Gasteiger charge is 2.28. The minimum absolute atomic E-state index is 0.0340. The SMILES string of the molecule is Cc1cccc(C(=O)N2CCC(CC(=O)NCc3ccncc3)C2)c1. The van der Waals surface area contributed by atoms with Crippen molar-refractivity contribution in [1.29, 1.82) is 0 Å². The lowest BCUT2D eigenvalue weighted by molar-refractivity contribution is -0.122. The Morgan fingerprint density at radius 3 is 2.80 bits per heavy atom. The van der Waals surface area contributed by atoms with E-state index in [1.807, 2.05) is 48.2 Å². The molecule has 5 heteroatoms. The summed E-state index contributed by atoms with van der Waals surface area (Å²) >= 11 is 0. The van der Waals surface area contributed by atoms with Gasteiger partial charge in [0.15, 0.2) is 0 Å². The first-order chi connectivity index (χ1) is 12.1. The maximum absolute atomic E-state index is 12.6. The number of carbonyl (C=O) groups is 2. The molecular formula is C20H23N3O2. The molecular weight excluding hydrogens is 314 g/mol. The number of hydrogen-bond donors (Lipinski definition) is 1. The molecule has 0 spiro atoms. The highest BCUT2D eigenvalue weighted by Crippen LogP contribution is 2.21. The number of nitrogens with zero attached hydrogens (tertiary/aromatic N) is 2. The number of hydrogen-bond acceptors (Lipinski definition) is 3. The maximum atomic E-state index is 12.6.